The molecule has 0 aliphatic heterocycles. The fraction of sp³-hybridized carbons (Fsp3) is 0.625. The monoisotopic (exact) mass is 467 g/mol. The third-order valence-electron chi connectivity index (χ3n) is 6.96. The molecule has 0 radical (unpaired) electrons. The van der Waals surface area contributed by atoms with Crippen molar-refractivity contribution in [3.63, 3.8) is 0 Å². The quantitative estimate of drug-likeness (QED) is 0.183. The van der Waals surface area contributed by atoms with Gasteiger partial charge in [-0.25, -0.2) is 0 Å². The molecule has 3 N–H and O–H groups in total. The molecule has 0 unspecified atom stereocenters. The van der Waals surface area contributed by atoms with Crippen molar-refractivity contribution in [2.45, 2.75) is 116 Å². The molecule has 0 atom stereocenters. The summed E-state index contributed by atoms with van der Waals surface area (Å²) in [5.41, 5.74) is 2.81. The Morgan fingerprint density at radius 3 is 1.24 bits per heavy atom. The smallest absolute Gasteiger partial charge is 0.0214 e. The van der Waals surface area contributed by atoms with Crippen LogP contribution in [-0.4, -0.2) is 18.6 Å². The van der Waals surface area contributed by atoms with Crippen LogP contribution in [0.2, 0.25) is 0 Å². The second-order valence-corrected chi connectivity index (χ2v) is 9.88. The second-order valence-electron chi connectivity index (χ2n) is 9.88. The van der Waals surface area contributed by atoms with Gasteiger partial charge in [0.25, 0.3) is 0 Å². The summed E-state index contributed by atoms with van der Waals surface area (Å²) in [7, 11) is 0. The van der Waals surface area contributed by atoms with Crippen LogP contribution in [0.4, 0.5) is 0 Å². The van der Waals surface area contributed by atoms with Crippen LogP contribution in [0.15, 0.2) is 60.7 Å². The molecule has 0 aliphatic rings. The Morgan fingerprint density at radius 2 is 0.853 bits per heavy atom. The van der Waals surface area contributed by atoms with Crippen molar-refractivity contribution in [2.24, 2.45) is 0 Å². The molecule has 0 aliphatic carbocycles. The summed E-state index contributed by atoms with van der Waals surface area (Å²) in [5, 5.41) is 3.73. The van der Waals surface area contributed by atoms with Crippen LogP contribution in [0, 0.1) is 0 Å². The largest absolute Gasteiger partial charge is 0.412 e. The Bertz CT molecular complexity index is 618. The zero-order chi connectivity index (χ0) is 23.2. The molecule has 2 aromatic rings. The van der Waals surface area contributed by atoms with Gasteiger partial charge < -0.3 is 10.8 Å². The van der Waals surface area contributed by atoms with E-state index in [2.05, 4.69) is 72.9 Å². The number of benzene rings is 2. The van der Waals surface area contributed by atoms with Gasteiger partial charge >= 0.3 is 0 Å². The van der Waals surface area contributed by atoms with Crippen molar-refractivity contribution in [3.05, 3.63) is 71.8 Å². The Hall–Kier alpha value is -1.64. The molecule has 0 aromatic heterocycles. The van der Waals surface area contributed by atoms with E-state index in [4.69, 9.17) is 0 Å². The number of unbranched alkanes of at least 4 members (excludes halogenated alkanes) is 15. The van der Waals surface area contributed by atoms with Gasteiger partial charge in [-0.05, 0) is 24.1 Å². The Labute approximate surface area is 211 Å². The molecule has 0 fully saturated rings. The Balaban J connectivity index is 0.00000578. The van der Waals surface area contributed by atoms with E-state index in [0.29, 0.717) is 5.92 Å². The van der Waals surface area contributed by atoms with Crippen molar-refractivity contribution in [1.29, 1.82) is 0 Å². The summed E-state index contributed by atoms with van der Waals surface area (Å²) in [6.07, 6.45) is 22.9. The molecule has 2 rings (SSSR count). The van der Waals surface area contributed by atoms with E-state index in [0.717, 1.165) is 13.1 Å². The summed E-state index contributed by atoms with van der Waals surface area (Å²) in [6, 6.07) is 21.9. The topological polar surface area (TPSA) is 43.5 Å². The van der Waals surface area contributed by atoms with E-state index in [-0.39, 0.29) is 5.48 Å². The van der Waals surface area contributed by atoms with Crippen LogP contribution in [0.3, 0.4) is 0 Å². The highest BCUT2D eigenvalue weighted by Gasteiger charge is 2.12. The lowest BCUT2D eigenvalue weighted by atomic mass is 9.91. The van der Waals surface area contributed by atoms with E-state index in [1.165, 1.54) is 114 Å². The minimum Gasteiger partial charge on any atom is -0.412 e. The van der Waals surface area contributed by atoms with Crippen molar-refractivity contribution in [3.8, 4) is 0 Å². The van der Waals surface area contributed by atoms with Gasteiger partial charge in [0.2, 0.25) is 0 Å². The zero-order valence-electron chi connectivity index (χ0n) is 22.1. The first kappa shape index (κ1) is 30.4. The fourth-order valence-electron chi connectivity index (χ4n) is 4.84. The average molecular weight is 468 g/mol. The van der Waals surface area contributed by atoms with E-state index >= 15 is 0 Å². The summed E-state index contributed by atoms with van der Waals surface area (Å²) >= 11 is 0. The lowest BCUT2D eigenvalue weighted by Crippen LogP contribution is -2.23. The molecular formula is C32H53NO. The van der Waals surface area contributed by atoms with Gasteiger partial charge in [-0.2, -0.15) is 0 Å². The molecule has 34 heavy (non-hydrogen) atoms. The lowest BCUT2D eigenvalue weighted by molar-refractivity contribution is 0.523. The number of hydrogen-bond acceptors (Lipinski definition) is 1. The second kappa shape index (κ2) is 21.9. The molecule has 0 spiro atoms. The predicted octanol–water partition coefficient (Wildman–Crippen LogP) is 8.84. The van der Waals surface area contributed by atoms with Gasteiger partial charge in [0.05, 0.1) is 0 Å². The molecule has 192 valence electrons. The van der Waals surface area contributed by atoms with Crippen LogP contribution >= 0.6 is 0 Å². The van der Waals surface area contributed by atoms with Crippen LogP contribution in [0.25, 0.3) is 0 Å². The first-order chi connectivity index (χ1) is 16.4. The number of hydrogen-bond donors (Lipinski definition) is 1. The van der Waals surface area contributed by atoms with Crippen molar-refractivity contribution >= 4 is 0 Å². The van der Waals surface area contributed by atoms with Gasteiger partial charge in [-0.3, -0.25) is 0 Å². The first-order valence-corrected chi connectivity index (χ1v) is 14.2. The van der Waals surface area contributed by atoms with Crippen LogP contribution in [-0.2, 0) is 0 Å². The van der Waals surface area contributed by atoms with E-state index < -0.39 is 0 Å². The fourth-order valence-corrected chi connectivity index (χ4v) is 4.84. The lowest BCUT2D eigenvalue weighted by Gasteiger charge is -2.19. The van der Waals surface area contributed by atoms with Gasteiger partial charge in [0.15, 0.2) is 0 Å². The van der Waals surface area contributed by atoms with Crippen LogP contribution in [0.1, 0.15) is 127 Å². The highest BCUT2D eigenvalue weighted by Crippen LogP contribution is 2.23. The van der Waals surface area contributed by atoms with E-state index in [9.17, 15) is 0 Å². The Morgan fingerprint density at radius 1 is 0.500 bits per heavy atom. The molecule has 2 heteroatoms. The molecule has 2 nitrogen and oxygen atoms in total. The summed E-state index contributed by atoms with van der Waals surface area (Å²) in [6.45, 7) is 4.45. The van der Waals surface area contributed by atoms with E-state index in [1.54, 1.807) is 0 Å². The van der Waals surface area contributed by atoms with Gasteiger partial charge in [-0.15, -0.1) is 0 Å². The molecule has 0 heterocycles. The maximum Gasteiger partial charge on any atom is 0.0214 e. The third-order valence-corrected chi connectivity index (χ3v) is 6.96. The Kier molecular flexibility index (Phi) is 19.5. The predicted molar refractivity (Wildman–Crippen MR) is 151 cm³/mol. The molecule has 2 aromatic carbocycles. The maximum atomic E-state index is 3.73. The first-order valence-electron chi connectivity index (χ1n) is 14.2. The van der Waals surface area contributed by atoms with Crippen LogP contribution < -0.4 is 5.32 Å². The molecule has 0 saturated heterocycles. The summed E-state index contributed by atoms with van der Waals surface area (Å²) in [4.78, 5) is 0. The molecule has 0 amide bonds. The van der Waals surface area contributed by atoms with Crippen molar-refractivity contribution in [1.82, 2.24) is 5.32 Å². The molecular weight excluding hydrogens is 414 g/mol. The van der Waals surface area contributed by atoms with E-state index in [1.807, 2.05) is 0 Å². The SMILES string of the molecule is CCCCCCCCCCCCCCCCCCNCC(c1ccccc1)c1ccccc1.O. The number of rotatable bonds is 21. The minimum atomic E-state index is 0. The maximum absolute atomic E-state index is 3.73. The molecule has 0 saturated carbocycles. The highest BCUT2D eigenvalue weighted by molar-refractivity contribution is 5.32. The standard InChI is InChI=1S/C32H51N.H2O/c1-2-3-4-5-6-7-8-9-10-11-12-13-14-15-16-23-28-33-29-32(30-24-19-17-20-25-30)31-26-21-18-22-27-31;/h17-22,24-27,32-33H,2-16,23,28-29H2,1H3;1H2. The van der Waals surface area contributed by atoms with Gasteiger partial charge in [0, 0.05) is 12.5 Å². The number of nitrogens with one attached hydrogen (secondary N) is 1. The normalized spacial score (nSPS) is 11.0. The van der Waals surface area contributed by atoms with Gasteiger partial charge in [-0.1, -0.05) is 164 Å². The minimum absolute atomic E-state index is 0. The third kappa shape index (κ3) is 14.6. The summed E-state index contributed by atoms with van der Waals surface area (Å²) in [5.74, 6) is 0.438. The molecule has 0 bridgehead atoms. The van der Waals surface area contributed by atoms with Crippen molar-refractivity contribution in [2.75, 3.05) is 13.1 Å². The highest BCUT2D eigenvalue weighted by atomic mass is 16.0. The van der Waals surface area contributed by atoms with Crippen molar-refractivity contribution < 1.29 is 5.48 Å². The average Bonchev–Trinajstić information content (AvgIpc) is 2.86. The van der Waals surface area contributed by atoms with Crippen LogP contribution in [0.5, 0.6) is 0 Å². The van der Waals surface area contributed by atoms with Gasteiger partial charge in [0.1, 0.15) is 0 Å². The zero-order valence-corrected chi connectivity index (χ0v) is 22.1. The summed E-state index contributed by atoms with van der Waals surface area (Å²) < 4.78 is 0.